The van der Waals surface area contributed by atoms with E-state index >= 15 is 0 Å². The Morgan fingerprint density at radius 1 is 0.902 bits per heavy atom. The van der Waals surface area contributed by atoms with Gasteiger partial charge in [-0.1, -0.05) is 42.0 Å². The summed E-state index contributed by atoms with van der Waals surface area (Å²) in [6.07, 6.45) is -1.87. The molecule has 1 heterocycles. The molecule has 2 unspecified atom stereocenters. The number of halogens is 3. The molecule has 2 atom stereocenters. The first-order valence-corrected chi connectivity index (χ1v) is 13.6. The number of anilines is 1. The molecule has 10 heteroatoms. The van der Waals surface area contributed by atoms with Gasteiger partial charge in [0.25, 0.3) is 5.91 Å². The van der Waals surface area contributed by atoms with Crippen molar-refractivity contribution in [2.24, 2.45) is 0 Å². The molecule has 41 heavy (non-hydrogen) atoms. The highest BCUT2D eigenvalue weighted by Crippen LogP contribution is 2.31. The standard InChI is InChI=1S/C31H31F3N4O3/c1-20-9-11-22(12-10-20)29(40)38-18-17-37(30(41)35-24-15-13-23(14-16-24)31(32,33)34)19-27(38)28(39)36-26-8-4-6-21-5-2-3-7-25(21)26/h2-3,5,7,9-16,26-27H,4,6,8,17-19H2,1H3,(H,35,41)(H,36,39). The zero-order valence-electron chi connectivity index (χ0n) is 22.6. The third kappa shape index (κ3) is 6.37. The van der Waals surface area contributed by atoms with Gasteiger partial charge in [-0.05, 0) is 73.7 Å². The van der Waals surface area contributed by atoms with E-state index in [4.69, 9.17) is 0 Å². The molecule has 214 valence electrons. The number of carbonyl (C=O) groups excluding carboxylic acids is 3. The van der Waals surface area contributed by atoms with Crippen molar-refractivity contribution in [1.29, 1.82) is 0 Å². The average Bonchev–Trinajstić information content (AvgIpc) is 2.97. The third-order valence-electron chi connectivity index (χ3n) is 7.68. The zero-order valence-corrected chi connectivity index (χ0v) is 22.6. The van der Waals surface area contributed by atoms with Crippen molar-refractivity contribution in [2.45, 2.75) is 44.4 Å². The Bertz CT molecular complexity index is 1420. The molecule has 2 aliphatic rings. The molecule has 1 aliphatic heterocycles. The number of urea groups is 1. The van der Waals surface area contributed by atoms with E-state index in [1.807, 2.05) is 37.3 Å². The van der Waals surface area contributed by atoms with Gasteiger partial charge >= 0.3 is 12.2 Å². The van der Waals surface area contributed by atoms with Crippen LogP contribution >= 0.6 is 0 Å². The van der Waals surface area contributed by atoms with E-state index in [0.717, 1.165) is 42.5 Å². The summed E-state index contributed by atoms with van der Waals surface area (Å²) in [5, 5.41) is 5.73. The molecular formula is C31H31F3N4O3. The monoisotopic (exact) mass is 564 g/mol. The number of hydrogen-bond acceptors (Lipinski definition) is 3. The van der Waals surface area contributed by atoms with Gasteiger partial charge in [-0.2, -0.15) is 13.2 Å². The Morgan fingerprint density at radius 2 is 1.61 bits per heavy atom. The molecule has 0 bridgehead atoms. The number of carbonyl (C=O) groups is 3. The average molecular weight is 565 g/mol. The van der Waals surface area contributed by atoms with Gasteiger partial charge in [0, 0.05) is 24.3 Å². The lowest BCUT2D eigenvalue weighted by molar-refractivity contribution is -0.137. The lowest BCUT2D eigenvalue weighted by Gasteiger charge is -2.41. The van der Waals surface area contributed by atoms with Crippen LogP contribution in [0.2, 0.25) is 0 Å². The number of rotatable bonds is 4. The van der Waals surface area contributed by atoms with Crippen LogP contribution in [0.25, 0.3) is 0 Å². The van der Waals surface area contributed by atoms with Crippen molar-refractivity contribution >= 4 is 23.5 Å². The molecule has 1 fully saturated rings. The normalized spacial score (nSPS) is 18.8. The van der Waals surface area contributed by atoms with Gasteiger partial charge in [0.2, 0.25) is 5.91 Å². The summed E-state index contributed by atoms with van der Waals surface area (Å²) in [6.45, 7) is 2.12. The maximum Gasteiger partial charge on any atom is 0.416 e. The molecule has 0 spiro atoms. The Balaban J connectivity index is 1.35. The molecule has 3 aromatic carbocycles. The van der Waals surface area contributed by atoms with E-state index in [0.29, 0.717) is 5.56 Å². The van der Waals surface area contributed by atoms with Gasteiger partial charge in [-0.15, -0.1) is 0 Å². The molecule has 1 saturated heterocycles. The minimum Gasteiger partial charge on any atom is -0.347 e. The predicted molar refractivity (Wildman–Crippen MR) is 148 cm³/mol. The second-order valence-corrected chi connectivity index (χ2v) is 10.5. The predicted octanol–water partition coefficient (Wildman–Crippen LogP) is 5.57. The van der Waals surface area contributed by atoms with Crippen LogP contribution < -0.4 is 10.6 Å². The summed E-state index contributed by atoms with van der Waals surface area (Å²) in [5.41, 5.74) is 3.05. The summed E-state index contributed by atoms with van der Waals surface area (Å²) in [4.78, 5) is 43.3. The molecule has 4 amide bonds. The molecule has 0 radical (unpaired) electrons. The number of nitrogens with zero attached hydrogens (tertiary/aromatic N) is 2. The van der Waals surface area contributed by atoms with Crippen molar-refractivity contribution in [3.63, 3.8) is 0 Å². The molecule has 0 aromatic heterocycles. The molecular weight excluding hydrogens is 533 g/mol. The summed E-state index contributed by atoms with van der Waals surface area (Å²) in [6, 6.07) is 17.5. The number of fused-ring (bicyclic) bond motifs is 1. The molecule has 0 saturated carbocycles. The second kappa shape index (κ2) is 11.6. The van der Waals surface area contributed by atoms with Crippen molar-refractivity contribution in [3.8, 4) is 0 Å². The van der Waals surface area contributed by atoms with Gasteiger partial charge in [-0.3, -0.25) is 9.59 Å². The quantitative estimate of drug-likeness (QED) is 0.435. The Hall–Kier alpha value is -4.34. The molecule has 3 aromatic rings. The number of hydrogen-bond donors (Lipinski definition) is 2. The summed E-state index contributed by atoms with van der Waals surface area (Å²) in [5.74, 6) is -0.670. The van der Waals surface area contributed by atoms with Crippen molar-refractivity contribution in [1.82, 2.24) is 15.1 Å². The van der Waals surface area contributed by atoms with Crippen molar-refractivity contribution < 1.29 is 27.6 Å². The van der Waals surface area contributed by atoms with Crippen LogP contribution in [0.5, 0.6) is 0 Å². The van der Waals surface area contributed by atoms with Gasteiger partial charge < -0.3 is 20.4 Å². The fourth-order valence-electron chi connectivity index (χ4n) is 5.41. The minimum atomic E-state index is -4.48. The van der Waals surface area contributed by atoms with Crippen LogP contribution in [0.1, 0.15) is 51.5 Å². The number of benzene rings is 3. The summed E-state index contributed by atoms with van der Waals surface area (Å²) < 4.78 is 38.8. The topological polar surface area (TPSA) is 81.8 Å². The Morgan fingerprint density at radius 3 is 2.32 bits per heavy atom. The first kappa shape index (κ1) is 28.2. The first-order chi connectivity index (χ1) is 19.6. The van der Waals surface area contributed by atoms with Gasteiger partial charge in [-0.25, -0.2) is 4.79 Å². The lowest BCUT2D eigenvalue weighted by Crippen LogP contribution is -2.62. The Kier molecular flexibility index (Phi) is 8.01. The van der Waals surface area contributed by atoms with E-state index in [1.165, 1.54) is 27.5 Å². The highest BCUT2D eigenvalue weighted by atomic mass is 19.4. The summed E-state index contributed by atoms with van der Waals surface area (Å²) in [7, 11) is 0. The van der Waals surface area contributed by atoms with E-state index in [-0.39, 0.29) is 43.2 Å². The highest BCUT2D eigenvalue weighted by Gasteiger charge is 2.38. The molecule has 5 rings (SSSR count). The van der Waals surface area contributed by atoms with Crippen LogP contribution in [0.4, 0.5) is 23.7 Å². The van der Waals surface area contributed by atoms with Gasteiger partial charge in [0.05, 0.1) is 18.2 Å². The number of alkyl halides is 3. The van der Waals surface area contributed by atoms with Gasteiger partial charge in [0.1, 0.15) is 6.04 Å². The van der Waals surface area contributed by atoms with Crippen LogP contribution in [0, 0.1) is 6.92 Å². The van der Waals surface area contributed by atoms with Crippen LogP contribution in [0.15, 0.2) is 72.8 Å². The molecule has 2 N–H and O–H groups in total. The van der Waals surface area contributed by atoms with E-state index < -0.39 is 23.8 Å². The fraction of sp³-hybridized carbons (Fsp3) is 0.323. The van der Waals surface area contributed by atoms with Crippen LogP contribution in [0.3, 0.4) is 0 Å². The maximum absolute atomic E-state index is 13.8. The molecule has 1 aliphatic carbocycles. The minimum absolute atomic E-state index is 0.0652. The Labute approximate surface area is 236 Å². The highest BCUT2D eigenvalue weighted by molar-refractivity contribution is 5.98. The van der Waals surface area contributed by atoms with Crippen molar-refractivity contribution in [2.75, 3.05) is 25.0 Å². The molecule has 7 nitrogen and oxygen atoms in total. The van der Waals surface area contributed by atoms with E-state index in [1.54, 1.807) is 12.1 Å². The second-order valence-electron chi connectivity index (χ2n) is 10.5. The van der Waals surface area contributed by atoms with E-state index in [9.17, 15) is 27.6 Å². The lowest BCUT2D eigenvalue weighted by atomic mass is 9.87. The van der Waals surface area contributed by atoms with Crippen LogP contribution in [-0.4, -0.2) is 53.3 Å². The van der Waals surface area contributed by atoms with Gasteiger partial charge in [0.15, 0.2) is 0 Å². The third-order valence-corrected chi connectivity index (χ3v) is 7.68. The fourth-order valence-corrected chi connectivity index (χ4v) is 5.41. The van der Waals surface area contributed by atoms with E-state index in [2.05, 4.69) is 16.7 Å². The van der Waals surface area contributed by atoms with Crippen LogP contribution in [-0.2, 0) is 17.4 Å². The number of amides is 4. The first-order valence-electron chi connectivity index (χ1n) is 13.6. The van der Waals surface area contributed by atoms with Crippen molar-refractivity contribution in [3.05, 3.63) is 101 Å². The number of piperazine rings is 1. The largest absolute Gasteiger partial charge is 0.416 e. The smallest absolute Gasteiger partial charge is 0.347 e. The number of aryl methyl sites for hydroxylation is 2. The zero-order chi connectivity index (χ0) is 29.1. The summed E-state index contributed by atoms with van der Waals surface area (Å²) >= 11 is 0. The SMILES string of the molecule is Cc1ccc(C(=O)N2CCN(C(=O)Nc3ccc(C(F)(F)F)cc3)CC2C(=O)NC2CCCc3ccccc32)cc1. The maximum atomic E-state index is 13.8. The number of nitrogens with one attached hydrogen (secondary N) is 2.